The van der Waals surface area contributed by atoms with Crippen LogP contribution in [-0.4, -0.2) is 275 Å². The highest BCUT2D eigenvalue weighted by molar-refractivity contribution is 8.00. The number of anilines is 1. The molecule has 0 spiro atoms. The van der Waals surface area contributed by atoms with Crippen LogP contribution in [0.25, 0.3) is 22.5 Å². The van der Waals surface area contributed by atoms with Crippen LogP contribution in [0.4, 0.5) is 10.5 Å². The van der Waals surface area contributed by atoms with Gasteiger partial charge in [0.1, 0.15) is 11.5 Å². The number of nitrogens with two attached hydrogens (primary N) is 1. The molecule has 1 aromatic heterocycles. The second kappa shape index (κ2) is 58.8. The number of Topliss-reactive ketones (excluding diaryl/α,β-unsaturated/α-hetero) is 2. The fourth-order valence-corrected chi connectivity index (χ4v) is 14.9. The maximum absolute atomic E-state index is 13.8. The molecule has 5 atom stereocenters. The molecule has 0 saturated carbocycles. The van der Waals surface area contributed by atoms with Crippen LogP contribution in [0.3, 0.4) is 0 Å². The Morgan fingerprint density at radius 2 is 1.07 bits per heavy atom. The van der Waals surface area contributed by atoms with E-state index in [9.17, 15) is 38.4 Å². The van der Waals surface area contributed by atoms with E-state index in [1.165, 1.54) is 0 Å². The Morgan fingerprint density at radius 1 is 0.544 bits per heavy atom. The van der Waals surface area contributed by atoms with Gasteiger partial charge >= 0.3 is 6.03 Å². The van der Waals surface area contributed by atoms with E-state index in [1.807, 2.05) is 102 Å². The normalized spacial score (nSPS) is 15.4. The minimum atomic E-state index is -0.844. The Labute approximate surface area is 680 Å². The van der Waals surface area contributed by atoms with E-state index >= 15 is 0 Å². The van der Waals surface area contributed by atoms with Crippen molar-refractivity contribution in [3.8, 4) is 22.5 Å². The zero-order chi connectivity index (χ0) is 80.7. The van der Waals surface area contributed by atoms with Gasteiger partial charge in [0, 0.05) is 105 Å². The number of benzene rings is 3. The minimum Gasteiger partial charge on any atom is -0.379 e. The smallest absolute Gasteiger partial charge is 0.315 e. The number of nitrogens with one attached hydrogen (secondary N) is 5. The maximum Gasteiger partial charge on any atom is 0.315 e. The molecule has 3 aromatic carbocycles. The largest absolute Gasteiger partial charge is 0.379 e. The third kappa shape index (κ3) is 38.4. The second-order valence-corrected chi connectivity index (χ2v) is 30.1. The number of unbranched alkanes of at least 4 members (excludes halogenated alkanes) is 4. The molecule has 7 amide bonds. The van der Waals surface area contributed by atoms with Crippen LogP contribution in [0.1, 0.15) is 120 Å². The van der Waals surface area contributed by atoms with Gasteiger partial charge < -0.3 is 94.1 Å². The van der Waals surface area contributed by atoms with Gasteiger partial charge in [-0.1, -0.05) is 97.3 Å². The van der Waals surface area contributed by atoms with Crippen molar-refractivity contribution in [2.45, 2.75) is 152 Å². The van der Waals surface area contributed by atoms with Crippen molar-refractivity contribution in [2.75, 3.05) is 194 Å². The number of nitrogens with zero attached hydrogens (tertiary/aromatic N) is 4. The van der Waals surface area contributed by atoms with Crippen LogP contribution in [0.5, 0.6) is 0 Å². The van der Waals surface area contributed by atoms with Crippen molar-refractivity contribution in [1.82, 2.24) is 41.6 Å². The number of aryl methyl sites for hydroxylation is 1. The summed E-state index contributed by atoms with van der Waals surface area (Å²) >= 11 is 3.53. The third-order valence-corrected chi connectivity index (χ3v) is 21.3. The lowest BCUT2D eigenvalue weighted by Gasteiger charge is -2.28. The molecule has 0 radical (unpaired) electrons. The topological polar surface area (TPSA) is 367 Å². The predicted molar refractivity (Wildman–Crippen MR) is 435 cm³/mol. The lowest BCUT2D eigenvalue weighted by molar-refractivity contribution is -0.131. The fraction of sp³-hybridized carbons (Fsp3) is 0.659. The summed E-state index contributed by atoms with van der Waals surface area (Å²) in [6, 6.07) is 24.5. The molecule has 7 N–H and O–H groups in total. The lowest BCUT2D eigenvalue weighted by Crippen LogP contribution is -2.44. The van der Waals surface area contributed by atoms with Crippen molar-refractivity contribution < 1.29 is 95.2 Å². The number of hydrogen-bond acceptors (Lipinski definition) is 24. The van der Waals surface area contributed by atoms with Gasteiger partial charge in [0.2, 0.25) is 29.5 Å². The first kappa shape index (κ1) is 94.1. The SMILES string of the molecule is CSCCNC(=O)CCC(=O)N1Cc2ccccc2-c2c(nnn2CCCCC(=O)NCCCOCCOCCOCCOCCOCCOCCOCCOCCOCCOCCOCCOCCC(=O)N[C@H](Cc2ccccc2)C(=O)CC(CCCCCC(=O)CCCC[C@@H]2SCC3NC(=O)NC32)C(N)=O)-c2ccccc21. The number of hydrogen-bond donors (Lipinski definition) is 6. The highest BCUT2D eigenvalue weighted by atomic mass is 32.2. The molecule has 32 heteroatoms. The summed E-state index contributed by atoms with van der Waals surface area (Å²) < 4.78 is 69.0. The lowest BCUT2D eigenvalue weighted by atomic mass is 9.90. The molecule has 634 valence electrons. The van der Waals surface area contributed by atoms with Crippen molar-refractivity contribution in [1.29, 1.82) is 0 Å². The number of aromatic nitrogens is 3. The molecule has 3 aliphatic rings. The van der Waals surface area contributed by atoms with Crippen molar-refractivity contribution in [3.05, 3.63) is 90.0 Å². The number of urea groups is 1. The minimum absolute atomic E-state index is 0.0120. The first-order chi connectivity index (χ1) is 55.9. The number of carbonyl (C=O) groups excluding carboxylic acids is 8. The van der Waals surface area contributed by atoms with Gasteiger partial charge in [0.15, 0.2) is 5.78 Å². The molecule has 2 saturated heterocycles. The Bertz CT molecular complexity index is 3400. The molecule has 114 heavy (non-hydrogen) atoms. The number of carbonyl (C=O) groups is 8. The highest BCUT2D eigenvalue weighted by Crippen LogP contribution is 2.41. The standard InChI is InChI=1S/C82H124N10O20S2/c1-113-58-32-85-75(96)28-29-77(98)91-61-65-20-8-10-23-67(65)80-78(68-24-11-12-25-71(68)91)89-90-92(80)33-15-14-27-74(95)84-31-16-34-101-36-38-103-40-42-105-44-46-107-48-50-109-52-54-111-56-57-112-55-53-110-51-49-108-47-45-106-43-41-104-39-37-102-35-30-76(97)86-69(59-63-17-4-2-5-18-63)72(94)60-64(81(83)99)19-6-3-7-21-66(93)22-9-13-26-73-79-70(62-114-73)87-82(100)88-79/h2,4-5,8,10-12,17-18,20,23-25,64,69-70,73,79H,3,6-7,9,13-16,19,21-22,26-62H2,1H3,(H2,83,99)(H,84,95)(H,85,96)(H,86,97)(H2,87,88,100)/t64?,69-,70?,73+,79?/m1/s1. The summed E-state index contributed by atoms with van der Waals surface area (Å²) in [6.45, 7) is 11.8. The predicted octanol–water partition coefficient (Wildman–Crippen LogP) is 7.02. The van der Waals surface area contributed by atoms with E-state index in [1.54, 1.807) is 16.7 Å². The number of primary amides is 1. The van der Waals surface area contributed by atoms with Crippen LogP contribution in [0.15, 0.2) is 78.9 Å². The van der Waals surface area contributed by atoms with E-state index in [4.69, 9.17) is 62.6 Å². The monoisotopic (exact) mass is 1630 g/mol. The van der Waals surface area contributed by atoms with Crippen LogP contribution in [-0.2, 0) is 110 Å². The Kier molecular flexibility index (Phi) is 48.5. The fourth-order valence-electron chi connectivity index (χ4n) is 13.1. The number of amides is 7. The summed E-state index contributed by atoms with van der Waals surface area (Å²) in [7, 11) is 0. The quantitative estimate of drug-likeness (QED) is 0.0191. The van der Waals surface area contributed by atoms with Crippen LogP contribution in [0, 0.1) is 5.92 Å². The average molecular weight is 1630 g/mol. The van der Waals surface area contributed by atoms with Gasteiger partial charge in [-0.2, -0.15) is 23.5 Å². The molecule has 2 fully saturated rings. The van der Waals surface area contributed by atoms with E-state index in [0.29, 0.717) is 240 Å². The highest BCUT2D eigenvalue weighted by Gasteiger charge is 2.42. The molecule has 4 aromatic rings. The van der Waals surface area contributed by atoms with Crippen LogP contribution in [0.2, 0.25) is 0 Å². The molecule has 3 unspecified atom stereocenters. The summed E-state index contributed by atoms with van der Waals surface area (Å²) in [5.74, 6) is -0.186. The zero-order valence-corrected chi connectivity index (χ0v) is 68.3. The van der Waals surface area contributed by atoms with Crippen molar-refractivity contribution in [2.24, 2.45) is 11.7 Å². The number of thioether (sulfide) groups is 2. The summed E-state index contributed by atoms with van der Waals surface area (Å²) in [5, 5.41) is 24.3. The Morgan fingerprint density at radius 3 is 1.67 bits per heavy atom. The molecule has 3 aliphatic heterocycles. The summed E-state index contributed by atoms with van der Waals surface area (Å²) in [4.78, 5) is 104. The number of fused-ring (bicyclic) bond motifs is 6. The van der Waals surface area contributed by atoms with Crippen molar-refractivity contribution >= 4 is 76.3 Å². The Hall–Kier alpha value is -7.02. The molecule has 0 bridgehead atoms. The summed E-state index contributed by atoms with van der Waals surface area (Å²) in [5.41, 5.74) is 11.6. The molecular formula is C82H124N10O20S2. The van der Waals surface area contributed by atoms with Gasteiger partial charge in [-0.25, -0.2) is 9.48 Å². The second-order valence-electron chi connectivity index (χ2n) is 27.9. The van der Waals surface area contributed by atoms with Crippen LogP contribution >= 0.6 is 23.5 Å². The van der Waals surface area contributed by atoms with Crippen LogP contribution < -0.4 is 37.2 Å². The van der Waals surface area contributed by atoms with Crippen molar-refractivity contribution in [3.63, 3.8) is 0 Å². The first-order valence-corrected chi connectivity index (χ1v) is 43.0. The van der Waals surface area contributed by atoms with Gasteiger partial charge in [-0.15, -0.1) is 5.10 Å². The van der Waals surface area contributed by atoms with Gasteiger partial charge in [0.05, 0.1) is 188 Å². The van der Waals surface area contributed by atoms with Gasteiger partial charge in [0.25, 0.3) is 0 Å². The molecule has 30 nitrogen and oxygen atoms in total. The van der Waals surface area contributed by atoms with Gasteiger partial charge in [-0.05, 0) is 74.8 Å². The number of ketones is 2. The van der Waals surface area contributed by atoms with E-state index in [0.717, 1.165) is 70.8 Å². The van der Waals surface area contributed by atoms with E-state index < -0.39 is 17.9 Å². The zero-order valence-electron chi connectivity index (χ0n) is 66.7. The number of ether oxygens (including phenoxy) is 12. The average Bonchev–Trinajstić information content (AvgIpc) is 1.70. The molecule has 4 heterocycles. The molecule has 7 rings (SSSR count). The van der Waals surface area contributed by atoms with Gasteiger partial charge in [-0.3, -0.25) is 33.6 Å². The molecule has 0 aliphatic carbocycles. The number of rotatable bonds is 69. The Balaban J connectivity index is 0.561. The molecular weight excluding hydrogens is 1510 g/mol. The van der Waals surface area contributed by atoms with E-state index in [-0.39, 0.29) is 98.6 Å². The third-order valence-electron chi connectivity index (χ3n) is 19.2. The first-order valence-electron chi connectivity index (χ1n) is 40.6. The number of para-hydroxylation sites is 1. The van der Waals surface area contributed by atoms with E-state index in [2.05, 4.69) is 36.9 Å². The summed E-state index contributed by atoms with van der Waals surface area (Å²) in [6.07, 6.45) is 11.1. The maximum atomic E-state index is 13.8.